The van der Waals surface area contributed by atoms with Crippen molar-refractivity contribution in [2.24, 2.45) is 0 Å². The molecule has 6 heteroatoms. The second-order valence-corrected chi connectivity index (χ2v) is 5.26. The molecule has 98 valence electrons. The van der Waals surface area contributed by atoms with Gasteiger partial charge in [0.1, 0.15) is 5.52 Å². The number of hydrogen-bond donors (Lipinski definition) is 1. The highest BCUT2D eigenvalue weighted by Gasteiger charge is 2.13. The average molecular weight is 281 g/mol. The zero-order valence-electron chi connectivity index (χ0n) is 10.5. The predicted octanol–water partition coefficient (Wildman–Crippen LogP) is 2.67. The van der Waals surface area contributed by atoms with Crippen molar-refractivity contribution in [3.05, 3.63) is 47.0 Å². The van der Waals surface area contributed by atoms with Crippen LogP contribution in [0.2, 0.25) is 0 Å². The molecule has 4 aromatic rings. The Balaban J connectivity index is 2.03. The van der Waals surface area contributed by atoms with Crippen LogP contribution in [-0.2, 0) is 6.54 Å². The van der Waals surface area contributed by atoms with Gasteiger partial charge in [0.25, 0.3) is 0 Å². The standard InChI is InChI=1S/C14H11N5S/c15-14-18-12-5-16-11-4-2-1-3-10(11)13(12)19(14)6-9-7-20-8-17-9/h1-5,7-8H,6H2,(H2,15,18). The zero-order valence-corrected chi connectivity index (χ0v) is 11.3. The summed E-state index contributed by atoms with van der Waals surface area (Å²) in [6.45, 7) is 0.625. The summed E-state index contributed by atoms with van der Waals surface area (Å²) in [6, 6.07) is 8.01. The number of imidazole rings is 1. The van der Waals surface area contributed by atoms with Gasteiger partial charge in [0.05, 0.1) is 35.0 Å². The van der Waals surface area contributed by atoms with Crippen LogP contribution in [0.5, 0.6) is 0 Å². The third-order valence-electron chi connectivity index (χ3n) is 3.31. The summed E-state index contributed by atoms with van der Waals surface area (Å²) in [4.78, 5) is 13.1. The summed E-state index contributed by atoms with van der Waals surface area (Å²) < 4.78 is 1.99. The highest BCUT2D eigenvalue weighted by Crippen LogP contribution is 2.26. The summed E-state index contributed by atoms with van der Waals surface area (Å²) in [7, 11) is 0. The largest absolute Gasteiger partial charge is 0.369 e. The van der Waals surface area contributed by atoms with Gasteiger partial charge in [-0.15, -0.1) is 11.3 Å². The Morgan fingerprint density at radius 2 is 2.05 bits per heavy atom. The molecule has 0 saturated carbocycles. The minimum atomic E-state index is 0.492. The highest BCUT2D eigenvalue weighted by molar-refractivity contribution is 7.07. The highest BCUT2D eigenvalue weighted by atomic mass is 32.1. The first-order chi connectivity index (χ1) is 9.83. The van der Waals surface area contributed by atoms with Gasteiger partial charge in [0.15, 0.2) is 0 Å². The smallest absolute Gasteiger partial charge is 0.201 e. The number of fused-ring (bicyclic) bond motifs is 3. The van der Waals surface area contributed by atoms with E-state index in [0.717, 1.165) is 27.6 Å². The Morgan fingerprint density at radius 1 is 1.15 bits per heavy atom. The van der Waals surface area contributed by atoms with Crippen molar-refractivity contribution < 1.29 is 0 Å². The third-order valence-corrected chi connectivity index (χ3v) is 3.95. The van der Waals surface area contributed by atoms with Gasteiger partial charge in [-0.25, -0.2) is 9.97 Å². The lowest BCUT2D eigenvalue weighted by atomic mass is 10.2. The molecule has 20 heavy (non-hydrogen) atoms. The van der Waals surface area contributed by atoms with E-state index in [4.69, 9.17) is 5.73 Å². The molecule has 0 spiro atoms. The number of nitrogens with zero attached hydrogens (tertiary/aromatic N) is 4. The number of thiazole rings is 1. The zero-order chi connectivity index (χ0) is 13.5. The number of nitrogens with two attached hydrogens (primary N) is 1. The Hall–Kier alpha value is -2.47. The lowest BCUT2D eigenvalue weighted by molar-refractivity contribution is 0.818. The molecule has 5 nitrogen and oxygen atoms in total. The SMILES string of the molecule is Nc1nc2cnc3ccccc3c2n1Cc1cscn1. The number of para-hydroxylation sites is 1. The van der Waals surface area contributed by atoms with E-state index in [2.05, 4.69) is 15.0 Å². The fraction of sp³-hybridized carbons (Fsp3) is 0.0714. The number of hydrogen-bond acceptors (Lipinski definition) is 5. The van der Waals surface area contributed by atoms with E-state index in [1.54, 1.807) is 17.5 Å². The minimum absolute atomic E-state index is 0.492. The molecule has 3 heterocycles. The van der Waals surface area contributed by atoms with Crippen LogP contribution in [0.3, 0.4) is 0 Å². The van der Waals surface area contributed by atoms with Gasteiger partial charge >= 0.3 is 0 Å². The topological polar surface area (TPSA) is 69.6 Å². The number of nitrogen functional groups attached to an aromatic ring is 1. The molecule has 0 unspecified atom stereocenters. The molecule has 0 aliphatic heterocycles. The van der Waals surface area contributed by atoms with Crippen LogP contribution >= 0.6 is 11.3 Å². The fourth-order valence-corrected chi connectivity index (χ4v) is 2.97. The van der Waals surface area contributed by atoms with Crippen LogP contribution in [0, 0.1) is 0 Å². The van der Waals surface area contributed by atoms with Gasteiger partial charge < -0.3 is 10.3 Å². The van der Waals surface area contributed by atoms with Crippen molar-refractivity contribution >= 4 is 39.2 Å². The first-order valence-electron chi connectivity index (χ1n) is 6.19. The summed E-state index contributed by atoms with van der Waals surface area (Å²) in [6.07, 6.45) is 1.77. The maximum Gasteiger partial charge on any atom is 0.201 e. The molecule has 3 aromatic heterocycles. The van der Waals surface area contributed by atoms with Gasteiger partial charge in [-0.05, 0) is 6.07 Å². The molecule has 0 fully saturated rings. The van der Waals surface area contributed by atoms with E-state index in [-0.39, 0.29) is 0 Å². The molecular formula is C14H11N5S. The summed E-state index contributed by atoms with van der Waals surface area (Å²) in [5.74, 6) is 0.492. The van der Waals surface area contributed by atoms with Crippen molar-refractivity contribution in [3.8, 4) is 0 Å². The molecule has 0 radical (unpaired) electrons. The normalized spacial score (nSPS) is 11.4. The fourth-order valence-electron chi connectivity index (χ4n) is 2.42. The summed E-state index contributed by atoms with van der Waals surface area (Å²) in [5, 5.41) is 3.08. The number of anilines is 1. The van der Waals surface area contributed by atoms with Crippen molar-refractivity contribution in [1.29, 1.82) is 0 Å². The molecule has 0 bridgehead atoms. The van der Waals surface area contributed by atoms with E-state index in [1.165, 1.54) is 0 Å². The summed E-state index contributed by atoms with van der Waals surface area (Å²) >= 11 is 1.58. The van der Waals surface area contributed by atoms with Crippen LogP contribution in [0.1, 0.15) is 5.69 Å². The monoisotopic (exact) mass is 281 g/mol. The molecule has 0 aliphatic carbocycles. The number of benzene rings is 1. The van der Waals surface area contributed by atoms with Gasteiger partial charge in [0.2, 0.25) is 5.95 Å². The minimum Gasteiger partial charge on any atom is -0.369 e. The van der Waals surface area contributed by atoms with Crippen LogP contribution < -0.4 is 5.73 Å². The van der Waals surface area contributed by atoms with E-state index in [9.17, 15) is 0 Å². The third kappa shape index (κ3) is 1.65. The Labute approximate surface area is 118 Å². The molecule has 2 N–H and O–H groups in total. The Bertz CT molecular complexity index is 895. The summed E-state index contributed by atoms with van der Waals surface area (Å²) in [5.41, 5.74) is 11.6. The molecule has 1 aromatic carbocycles. The number of rotatable bonds is 2. The van der Waals surface area contributed by atoms with Crippen LogP contribution in [0.25, 0.3) is 21.9 Å². The van der Waals surface area contributed by atoms with E-state index in [0.29, 0.717) is 12.5 Å². The predicted molar refractivity (Wildman–Crippen MR) is 80.7 cm³/mol. The van der Waals surface area contributed by atoms with Crippen molar-refractivity contribution in [1.82, 2.24) is 19.5 Å². The first kappa shape index (κ1) is 11.4. The maximum absolute atomic E-state index is 6.06. The van der Waals surface area contributed by atoms with Crippen molar-refractivity contribution in [2.45, 2.75) is 6.54 Å². The second kappa shape index (κ2) is 4.28. The van der Waals surface area contributed by atoms with Crippen molar-refractivity contribution in [2.75, 3.05) is 5.73 Å². The average Bonchev–Trinajstić information content (AvgIpc) is 3.08. The molecule has 0 saturated heterocycles. The van der Waals surface area contributed by atoms with Gasteiger partial charge in [-0.1, -0.05) is 18.2 Å². The first-order valence-corrected chi connectivity index (χ1v) is 7.14. The number of pyridine rings is 1. The van der Waals surface area contributed by atoms with Crippen LogP contribution in [-0.4, -0.2) is 19.5 Å². The van der Waals surface area contributed by atoms with Gasteiger partial charge in [0, 0.05) is 10.8 Å². The van der Waals surface area contributed by atoms with Gasteiger partial charge in [-0.3, -0.25) is 4.98 Å². The Kier molecular flexibility index (Phi) is 2.43. The van der Waals surface area contributed by atoms with Crippen LogP contribution in [0.4, 0.5) is 5.95 Å². The van der Waals surface area contributed by atoms with E-state index >= 15 is 0 Å². The molecule has 4 rings (SSSR count). The molecular weight excluding hydrogens is 270 g/mol. The quantitative estimate of drug-likeness (QED) is 0.613. The number of aromatic nitrogens is 4. The lowest BCUT2D eigenvalue weighted by Gasteiger charge is -2.06. The van der Waals surface area contributed by atoms with Gasteiger partial charge in [-0.2, -0.15) is 0 Å². The van der Waals surface area contributed by atoms with E-state index in [1.807, 2.05) is 39.7 Å². The van der Waals surface area contributed by atoms with Crippen LogP contribution in [0.15, 0.2) is 41.4 Å². The van der Waals surface area contributed by atoms with E-state index < -0.39 is 0 Å². The Morgan fingerprint density at radius 3 is 2.90 bits per heavy atom. The lowest BCUT2D eigenvalue weighted by Crippen LogP contribution is -2.05. The second-order valence-electron chi connectivity index (χ2n) is 4.55. The van der Waals surface area contributed by atoms with Crippen molar-refractivity contribution in [3.63, 3.8) is 0 Å². The molecule has 0 amide bonds. The molecule has 0 aliphatic rings. The maximum atomic E-state index is 6.06. The molecule has 0 atom stereocenters.